The number of hydrogen-bond donors (Lipinski definition) is 2. The van der Waals surface area contributed by atoms with Gasteiger partial charge in [0.2, 0.25) is 0 Å². The standard InChI is InChI=1S/C17H30N2O2/c1-7-17(8-2,21-9-3)16(19-18)15-13(5)10-12(4)11-14(15)20-6/h10-11,16,19H,7-9,18H2,1-6H3. The molecule has 4 nitrogen and oxygen atoms in total. The molecule has 0 aliphatic carbocycles. The van der Waals surface area contributed by atoms with E-state index in [1.165, 1.54) is 11.1 Å². The van der Waals surface area contributed by atoms with Crippen molar-refractivity contribution in [1.29, 1.82) is 0 Å². The van der Waals surface area contributed by atoms with E-state index in [2.05, 4.69) is 45.3 Å². The first-order chi connectivity index (χ1) is 9.99. The van der Waals surface area contributed by atoms with Crippen LogP contribution >= 0.6 is 0 Å². The van der Waals surface area contributed by atoms with Gasteiger partial charge in [0.25, 0.3) is 0 Å². The van der Waals surface area contributed by atoms with Crippen molar-refractivity contribution in [2.45, 2.75) is 59.1 Å². The van der Waals surface area contributed by atoms with E-state index in [1.807, 2.05) is 6.92 Å². The Hall–Kier alpha value is -1.10. The van der Waals surface area contributed by atoms with Crippen LogP contribution in [0, 0.1) is 13.8 Å². The van der Waals surface area contributed by atoms with Crippen molar-refractivity contribution in [1.82, 2.24) is 5.43 Å². The first kappa shape index (κ1) is 18.0. The monoisotopic (exact) mass is 294 g/mol. The summed E-state index contributed by atoms with van der Waals surface area (Å²) in [4.78, 5) is 0. The zero-order valence-electron chi connectivity index (χ0n) is 14.2. The fourth-order valence-corrected chi connectivity index (χ4v) is 3.21. The van der Waals surface area contributed by atoms with Gasteiger partial charge in [0.15, 0.2) is 0 Å². The largest absolute Gasteiger partial charge is 0.496 e. The Morgan fingerprint density at radius 1 is 1.19 bits per heavy atom. The molecule has 0 radical (unpaired) electrons. The lowest BCUT2D eigenvalue weighted by Crippen LogP contribution is -2.48. The van der Waals surface area contributed by atoms with Gasteiger partial charge in [-0.15, -0.1) is 0 Å². The predicted molar refractivity (Wildman–Crippen MR) is 87.5 cm³/mol. The fourth-order valence-electron chi connectivity index (χ4n) is 3.21. The number of nitrogens with one attached hydrogen (secondary N) is 1. The maximum atomic E-state index is 6.12. The van der Waals surface area contributed by atoms with Crippen molar-refractivity contribution < 1.29 is 9.47 Å². The van der Waals surface area contributed by atoms with Crippen molar-refractivity contribution in [2.24, 2.45) is 5.84 Å². The molecule has 0 aliphatic heterocycles. The van der Waals surface area contributed by atoms with Gasteiger partial charge in [-0.1, -0.05) is 19.9 Å². The summed E-state index contributed by atoms with van der Waals surface area (Å²) in [5.74, 6) is 6.78. The van der Waals surface area contributed by atoms with E-state index < -0.39 is 0 Å². The smallest absolute Gasteiger partial charge is 0.124 e. The number of rotatable bonds is 8. The molecule has 0 spiro atoms. The Kier molecular flexibility index (Phi) is 6.65. The minimum absolute atomic E-state index is 0.108. The summed E-state index contributed by atoms with van der Waals surface area (Å²) in [5, 5.41) is 0. The highest BCUT2D eigenvalue weighted by molar-refractivity contribution is 5.46. The molecule has 1 rings (SSSR count). The second-order valence-electron chi connectivity index (χ2n) is 5.50. The summed E-state index contributed by atoms with van der Waals surface area (Å²) in [6.45, 7) is 11.1. The van der Waals surface area contributed by atoms with Crippen LogP contribution in [0.15, 0.2) is 12.1 Å². The van der Waals surface area contributed by atoms with Crippen molar-refractivity contribution >= 4 is 0 Å². The van der Waals surface area contributed by atoms with E-state index in [0.717, 1.165) is 24.2 Å². The minimum atomic E-state index is -0.337. The Bertz CT molecular complexity index is 456. The summed E-state index contributed by atoms with van der Waals surface area (Å²) < 4.78 is 11.7. The summed E-state index contributed by atoms with van der Waals surface area (Å²) in [7, 11) is 1.70. The zero-order chi connectivity index (χ0) is 16.0. The van der Waals surface area contributed by atoms with Gasteiger partial charge in [-0.25, -0.2) is 5.43 Å². The van der Waals surface area contributed by atoms with Crippen LogP contribution in [0.25, 0.3) is 0 Å². The third-order valence-electron chi connectivity index (χ3n) is 4.32. The Balaban J connectivity index is 3.44. The molecule has 0 heterocycles. The quantitative estimate of drug-likeness (QED) is 0.570. The molecule has 0 aromatic heterocycles. The van der Waals surface area contributed by atoms with Crippen LogP contribution in [0.1, 0.15) is 56.3 Å². The number of aryl methyl sites for hydroxylation is 2. The number of ether oxygens (including phenoxy) is 2. The molecule has 0 aliphatic rings. The van der Waals surface area contributed by atoms with Crippen molar-refractivity contribution in [3.63, 3.8) is 0 Å². The van der Waals surface area contributed by atoms with E-state index in [-0.39, 0.29) is 11.6 Å². The van der Waals surface area contributed by atoms with Crippen molar-refractivity contribution in [2.75, 3.05) is 13.7 Å². The molecule has 1 aromatic rings. The fraction of sp³-hybridized carbons (Fsp3) is 0.647. The highest BCUT2D eigenvalue weighted by atomic mass is 16.5. The SMILES string of the molecule is CCOC(CC)(CC)C(NN)c1c(C)cc(C)cc1OC. The lowest BCUT2D eigenvalue weighted by atomic mass is 9.81. The van der Waals surface area contributed by atoms with Crippen LogP contribution in [0.3, 0.4) is 0 Å². The summed E-state index contributed by atoms with van der Waals surface area (Å²) >= 11 is 0. The summed E-state index contributed by atoms with van der Waals surface area (Å²) in [6.07, 6.45) is 1.76. The molecule has 1 atom stereocenters. The van der Waals surface area contributed by atoms with Gasteiger partial charge in [-0.05, 0) is 50.8 Å². The van der Waals surface area contributed by atoms with Crippen LogP contribution in [-0.4, -0.2) is 19.3 Å². The van der Waals surface area contributed by atoms with E-state index in [1.54, 1.807) is 7.11 Å². The molecule has 0 saturated heterocycles. The third-order valence-corrected chi connectivity index (χ3v) is 4.32. The highest BCUT2D eigenvalue weighted by Gasteiger charge is 2.39. The molecule has 120 valence electrons. The average Bonchev–Trinajstić information content (AvgIpc) is 2.48. The van der Waals surface area contributed by atoms with Gasteiger partial charge in [0.1, 0.15) is 5.75 Å². The first-order valence-electron chi connectivity index (χ1n) is 7.74. The van der Waals surface area contributed by atoms with E-state index in [4.69, 9.17) is 15.3 Å². The summed E-state index contributed by atoms with van der Waals surface area (Å²) in [5.41, 5.74) is 6.07. The van der Waals surface area contributed by atoms with Crippen LogP contribution in [0.2, 0.25) is 0 Å². The van der Waals surface area contributed by atoms with E-state index in [0.29, 0.717) is 6.61 Å². The zero-order valence-corrected chi connectivity index (χ0v) is 14.2. The molecule has 1 aromatic carbocycles. The van der Waals surface area contributed by atoms with Crippen LogP contribution in [0.4, 0.5) is 0 Å². The van der Waals surface area contributed by atoms with Crippen molar-refractivity contribution in [3.8, 4) is 5.75 Å². The number of hydrogen-bond acceptors (Lipinski definition) is 4. The maximum Gasteiger partial charge on any atom is 0.124 e. The van der Waals surface area contributed by atoms with Gasteiger partial charge in [0.05, 0.1) is 18.8 Å². The molecule has 0 saturated carbocycles. The molecule has 1 unspecified atom stereocenters. The predicted octanol–water partition coefficient (Wildman–Crippen LogP) is 3.41. The van der Waals surface area contributed by atoms with Crippen LogP contribution in [-0.2, 0) is 4.74 Å². The third kappa shape index (κ3) is 3.57. The first-order valence-corrected chi connectivity index (χ1v) is 7.74. The molecule has 4 heteroatoms. The second-order valence-corrected chi connectivity index (χ2v) is 5.50. The minimum Gasteiger partial charge on any atom is -0.496 e. The van der Waals surface area contributed by atoms with E-state index >= 15 is 0 Å². The van der Waals surface area contributed by atoms with Gasteiger partial charge >= 0.3 is 0 Å². The number of hydrazine groups is 1. The topological polar surface area (TPSA) is 56.5 Å². The van der Waals surface area contributed by atoms with Crippen LogP contribution < -0.4 is 16.0 Å². The second kappa shape index (κ2) is 7.78. The Morgan fingerprint density at radius 2 is 1.81 bits per heavy atom. The number of nitrogens with two attached hydrogens (primary N) is 1. The molecule has 0 fully saturated rings. The molecular weight excluding hydrogens is 264 g/mol. The van der Waals surface area contributed by atoms with Gasteiger partial charge in [0, 0.05) is 12.2 Å². The molecule has 3 N–H and O–H groups in total. The Labute approximate surface area is 129 Å². The number of benzene rings is 1. The normalized spacial score (nSPS) is 13.3. The van der Waals surface area contributed by atoms with Gasteiger partial charge in [-0.3, -0.25) is 5.84 Å². The van der Waals surface area contributed by atoms with E-state index in [9.17, 15) is 0 Å². The lowest BCUT2D eigenvalue weighted by Gasteiger charge is -2.40. The lowest BCUT2D eigenvalue weighted by molar-refractivity contribution is -0.0739. The molecule has 0 amide bonds. The average molecular weight is 294 g/mol. The molecular formula is C17H30N2O2. The van der Waals surface area contributed by atoms with Crippen LogP contribution in [0.5, 0.6) is 5.75 Å². The highest BCUT2D eigenvalue weighted by Crippen LogP contribution is 2.40. The maximum absolute atomic E-state index is 6.12. The van der Waals surface area contributed by atoms with Gasteiger partial charge < -0.3 is 9.47 Å². The molecule has 21 heavy (non-hydrogen) atoms. The summed E-state index contributed by atoms with van der Waals surface area (Å²) in [6, 6.07) is 4.10. The van der Waals surface area contributed by atoms with Crippen molar-refractivity contribution in [3.05, 3.63) is 28.8 Å². The Morgan fingerprint density at radius 3 is 2.24 bits per heavy atom. The van der Waals surface area contributed by atoms with Gasteiger partial charge in [-0.2, -0.15) is 0 Å². The number of methoxy groups -OCH3 is 1. The molecule has 0 bridgehead atoms.